The molecule has 1 saturated carbocycles. The minimum atomic E-state index is -1.46. The van der Waals surface area contributed by atoms with Crippen molar-refractivity contribution in [2.24, 2.45) is 0 Å². The SMILES string of the molecule is Nc1c(F)c(N2CC[C@H](n3ccnn3)C2)c(F)c2c1c(=O)c(C(=O)O)cn2C1CC1. The number of benzene rings is 1. The fourth-order valence-corrected chi connectivity index (χ4v) is 4.20. The molecule has 1 aliphatic carbocycles. The summed E-state index contributed by atoms with van der Waals surface area (Å²) >= 11 is 0. The van der Waals surface area contributed by atoms with E-state index in [1.54, 1.807) is 15.8 Å². The standard InChI is InChI=1S/C19H18F2N6O3/c20-13-15(22)12-16(26(9-1-2-9)8-11(18(12)28)19(29)30)14(21)17(13)25-5-3-10(7-25)27-6-4-23-24-27/h4,6,8-10H,1-3,5,7,22H2,(H,29,30)/t10-/m0/s1. The monoisotopic (exact) mass is 416 g/mol. The lowest BCUT2D eigenvalue weighted by Gasteiger charge is -2.23. The summed E-state index contributed by atoms with van der Waals surface area (Å²) in [5.74, 6) is -3.42. The summed E-state index contributed by atoms with van der Waals surface area (Å²) in [6.07, 6.45) is 6.38. The molecule has 3 N–H and O–H groups in total. The van der Waals surface area contributed by atoms with Crippen molar-refractivity contribution < 1.29 is 18.7 Å². The predicted molar refractivity (Wildman–Crippen MR) is 104 cm³/mol. The summed E-state index contributed by atoms with van der Waals surface area (Å²) in [7, 11) is 0. The van der Waals surface area contributed by atoms with Crippen molar-refractivity contribution in [3.63, 3.8) is 0 Å². The molecule has 9 nitrogen and oxygen atoms in total. The Morgan fingerprint density at radius 3 is 2.60 bits per heavy atom. The van der Waals surface area contributed by atoms with Gasteiger partial charge in [-0.3, -0.25) is 4.79 Å². The number of aromatic nitrogens is 4. The van der Waals surface area contributed by atoms with Gasteiger partial charge in [-0.2, -0.15) is 0 Å². The van der Waals surface area contributed by atoms with E-state index in [0.29, 0.717) is 32.4 Å². The summed E-state index contributed by atoms with van der Waals surface area (Å²) in [6.45, 7) is 0.660. The molecular formula is C19H18F2N6O3. The molecule has 11 heteroatoms. The number of nitrogen functional groups attached to an aromatic ring is 1. The molecule has 3 heterocycles. The second-order valence-corrected chi connectivity index (χ2v) is 7.70. The largest absolute Gasteiger partial charge is 0.477 e. The van der Waals surface area contributed by atoms with E-state index in [4.69, 9.17) is 5.73 Å². The molecule has 0 unspecified atom stereocenters. The molecule has 1 atom stereocenters. The minimum absolute atomic E-state index is 0.108. The number of pyridine rings is 1. The van der Waals surface area contributed by atoms with Gasteiger partial charge in [0.15, 0.2) is 11.6 Å². The zero-order valence-corrected chi connectivity index (χ0v) is 15.8. The smallest absolute Gasteiger partial charge is 0.341 e. The van der Waals surface area contributed by atoms with E-state index in [2.05, 4.69) is 10.3 Å². The van der Waals surface area contributed by atoms with Crippen LogP contribution in [0.2, 0.25) is 0 Å². The molecule has 156 valence electrons. The third-order valence-electron chi connectivity index (χ3n) is 5.83. The first-order valence-electron chi connectivity index (χ1n) is 9.57. The van der Waals surface area contributed by atoms with Gasteiger partial charge in [0.1, 0.15) is 11.3 Å². The quantitative estimate of drug-likeness (QED) is 0.624. The number of nitrogens with two attached hydrogens (primary N) is 1. The van der Waals surface area contributed by atoms with Crippen LogP contribution in [0.1, 0.15) is 41.7 Å². The molecule has 0 bridgehead atoms. The topological polar surface area (TPSA) is 119 Å². The zero-order chi connectivity index (χ0) is 21.2. The number of fused-ring (bicyclic) bond motifs is 1. The Kier molecular flexibility index (Phi) is 4.02. The Labute approximate surface area is 168 Å². The van der Waals surface area contributed by atoms with Gasteiger partial charge in [0.05, 0.1) is 28.8 Å². The second-order valence-electron chi connectivity index (χ2n) is 7.70. The van der Waals surface area contributed by atoms with Crippen LogP contribution in [0.25, 0.3) is 10.9 Å². The summed E-state index contributed by atoms with van der Waals surface area (Å²) in [4.78, 5) is 25.7. The van der Waals surface area contributed by atoms with Gasteiger partial charge in [-0.1, -0.05) is 5.21 Å². The summed E-state index contributed by atoms with van der Waals surface area (Å²) < 4.78 is 34.0. The normalized spacial score (nSPS) is 19.0. The number of halogens is 2. The van der Waals surface area contributed by atoms with Crippen molar-refractivity contribution in [3.05, 3.63) is 46.0 Å². The maximum Gasteiger partial charge on any atom is 0.341 e. The number of carbonyl (C=O) groups is 1. The van der Waals surface area contributed by atoms with Crippen LogP contribution < -0.4 is 16.1 Å². The Bertz CT molecular complexity index is 1240. The number of hydrogen-bond acceptors (Lipinski definition) is 6. The number of carboxylic acid groups (broad SMARTS) is 1. The molecule has 0 spiro atoms. The molecule has 1 aliphatic heterocycles. The van der Waals surface area contributed by atoms with Crippen molar-refractivity contribution in [2.45, 2.75) is 31.3 Å². The highest BCUT2D eigenvalue weighted by Gasteiger charge is 2.35. The Morgan fingerprint density at radius 1 is 1.20 bits per heavy atom. The molecular weight excluding hydrogens is 398 g/mol. The van der Waals surface area contributed by atoms with Crippen molar-refractivity contribution >= 4 is 28.2 Å². The van der Waals surface area contributed by atoms with Gasteiger partial charge >= 0.3 is 5.97 Å². The van der Waals surface area contributed by atoms with Crippen molar-refractivity contribution in [2.75, 3.05) is 23.7 Å². The zero-order valence-electron chi connectivity index (χ0n) is 15.8. The van der Waals surface area contributed by atoms with Crippen LogP contribution in [-0.4, -0.2) is 43.7 Å². The molecule has 2 aliphatic rings. The number of carboxylic acids is 1. The Balaban J connectivity index is 1.71. The van der Waals surface area contributed by atoms with Gasteiger partial charge in [0.2, 0.25) is 5.43 Å². The molecule has 30 heavy (non-hydrogen) atoms. The van der Waals surface area contributed by atoms with Crippen LogP contribution in [-0.2, 0) is 0 Å². The van der Waals surface area contributed by atoms with Crippen LogP contribution in [0.3, 0.4) is 0 Å². The first-order valence-corrected chi connectivity index (χ1v) is 9.57. The lowest BCUT2D eigenvalue weighted by Crippen LogP contribution is -2.26. The van der Waals surface area contributed by atoms with Gasteiger partial charge in [-0.05, 0) is 19.3 Å². The van der Waals surface area contributed by atoms with Gasteiger partial charge in [0, 0.05) is 31.5 Å². The minimum Gasteiger partial charge on any atom is -0.477 e. The van der Waals surface area contributed by atoms with Crippen molar-refractivity contribution in [1.82, 2.24) is 19.6 Å². The van der Waals surface area contributed by atoms with Gasteiger partial charge < -0.3 is 20.3 Å². The molecule has 0 radical (unpaired) electrons. The summed E-state index contributed by atoms with van der Waals surface area (Å²) in [5, 5.41) is 16.7. The maximum atomic E-state index is 15.7. The molecule has 5 rings (SSSR count). The molecule has 0 amide bonds. The summed E-state index contributed by atoms with van der Waals surface area (Å²) in [5.41, 5.74) is 3.41. The average molecular weight is 416 g/mol. The van der Waals surface area contributed by atoms with Crippen LogP contribution in [0, 0.1) is 11.6 Å². The number of rotatable bonds is 4. The summed E-state index contributed by atoms with van der Waals surface area (Å²) in [6, 6.07) is -0.261. The van der Waals surface area contributed by atoms with Crippen LogP contribution in [0.5, 0.6) is 0 Å². The fourth-order valence-electron chi connectivity index (χ4n) is 4.20. The maximum absolute atomic E-state index is 15.7. The van der Waals surface area contributed by atoms with E-state index < -0.39 is 39.7 Å². The predicted octanol–water partition coefficient (Wildman–Crippen LogP) is 1.94. The number of hydrogen-bond donors (Lipinski definition) is 2. The second kappa shape index (κ2) is 6.51. The van der Waals surface area contributed by atoms with Crippen molar-refractivity contribution in [1.29, 1.82) is 0 Å². The van der Waals surface area contributed by atoms with E-state index >= 15 is 8.78 Å². The lowest BCUT2D eigenvalue weighted by atomic mass is 10.1. The Hall–Kier alpha value is -3.50. The van der Waals surface area contributed by atoms with Crippen LogP contribution in [0.4, 0.5) is 20.2 Å². The third kappa shape index (κ3) is 2.65. The molecule has 2 aromatic heterocycles. The first-order chi connectivity index (χ1) is 14.4. The van der Waals surface area contributed by atoms with Gasteiger partial charge in [-0.25, -0.2) is 18.3 Å². The van der Waals surface area contributed by atoms with E-state index in [-0.39, 0.29) is 23.3 Å². The van der Waals surface area contributed by atoms with Gasteiger partial charge in [-0.15, -0.1) is 5.10 Å². The van der Waals surface area contributed by atoms with E-state index in [0.717, 1.165) is 6.20 Å². The van der Waals surface area contributed by atoms with Crippen LogP contribution in [0.15, 0.2) is 23.4 Å². The molecule has 1 aromatic carbocycles. The first kappa shape index (κ1) is 18.5. The van der Waals surface area contributed by atoms with Gasteiger partial charge in [0.25, 0.3) is 0 Å². The van der Waals surface area contributed by atoms with E-state index in [1.165, 1.54) is 10.8 Å². The highest BCUT2D eigenvalue weighted by Crippen LogP contribution is 2.42. The number of nitrogens with zero attached hydrogens (tertiary/aromatic N) is 5. The number of anilines is 2. The Morgan fingerprint density at radius 2 is 1.97 bits per heavy atom. The van der Waals surface area contributed by atoms with Crippen molar-refractivity contribution in [3.8, 4) is 0 Å². The van der Waals surface area contributed by atoms with E-state index in [1.807, 2.05) is 0 Å². The molecule has 2 fully saturated rings. The lowest BCUT2D eigenvalue weighted by molar-refractivity contribution is 0.0695. The number of aromatic carboxylic acids is 1. The molecule has 1 saturated heterocycles. The highest BCUT2D eigenvalue weighted by molar-refractivity contribution is 5.99. The fraction of sp³-hybridized carbons (Fsp3) is 0.368. The average Bonchev–Trinajstić information content (AvgIpc) is 3.20. The molecule has 3 aromatic rings. The van der Waals surface area contributed by atoms with Crippen LogP contribution >= 0.6 is 0 Å². The van der Waals surface area contributed by atoms with E-state index in [9.17, 15) is 14.7 Å². The third-order valence-corrected chi connectivity index (χ3v) is 5.83. The highest BCUT2D eigenvalue weighted by atomic mass is 19.1.